The molecule has 0 aromatic heterocycles. The van der Waals surface area contributed by atoms with E-state index in [1.54, 1.807) is 6.92 Å². The van der Waals surface area contributed by atoms with Crippen molar-refractivity contribution >= 4 is 19.8 Å². The smallest absolute Gasteiger partial charge is 0.255 e. The zero-order chi connectivity index (χ0) is 16.8. The van der Waals surface area contributed by atoms with Crippen LogP contribution in [0.1, 0.15) is 33.1 Å². The predicted molar refractivity (Wildman–Crippen MR) is 86.6 cm³/mol. The Labute approximate surface area is 132 Å². The van der Waals surface area contributed by atoms with Crippen LogP contribution in [0.25, 0.3) is 0 Å². The third kappa shape index (κ3) is 4.52. The van der Waals surface area contributed by atoms with E-state index >= 15 is 0 Å². The first kappa shape index (κ1) is 19.1. The summed E-state index contributed by atoms with van der Waals surface area (Å²) in [6.07, 6.45) is 2.06. The maximum Gasteiger partial charge on any atom is 0.255 e. The summed E-state index contributed by atoms with van der Waals surface area (Å²) < 4.78 is 12.5. The standard InChI is InChI=1S/C13H28N5O3P/c1-3-6-17-12(20)13(15,9(2)8-14)18-22(21)10-5-4-7-16-11(10)19/h9-10,22H,3-8,14-15H2,1-2H3,(H,16,19)(H,17,20)(H,18,21)/t9?,10-,13?/m0/s1. The van der Waals surface area contributed by atoms with Gasteiger partial charge in [0.25, 0.3) is 5.91 Å². The molecule has 128 valence electrons. The number of nitrogens with two attached hydrogens (primary N) is 2. The molecule has 0 aliphatic carbocycles. The van der Waals surface area contributed by atoms with Crippen molar-refractivity contribution < 1.29 is 14.2 Å². The number of hydrogen-bond acceptors (Lipinski definition) is 5. The molecule has 1 heterocycles. The Morgan fingerprint density at radius 3 is 2.82 bits per heavy atom. The Balaban J connectivity index is 2.85. The van der Waals surface area contributed by atoms with Crippen LogP contribution < -0.4 is 27.2 Å². The first-order valence-electron chi connectivity index (χ1n) is 7.73. The number of carbonyl (C=O) groups is 2. The van der Waals surface area contributed by atoms with Gasteiger partial charge in [-0.25, -0.2) is 5.09 Å². The van der Waals surface area contributed by atoms with Crippen LogP contribution in [0.15, 0.2) is 0 Å². The molecule has 1 aliphatic rings. The second kappa shape index (κ2) is 8.62. The van der Waals surface area contributed by atoms with Gasteiger partial charge in [0.1, 0.15) is 13.6 Å². The normalized spacial score (nSPS) is 24.0. The highest BCUT2D eigenvalue weighted by atomic mass is 31.1. The Hall–Kier alpha value is -0.950. The van der Waals surface area contributed by atoms with Gasteiger partial charge in [-0.15, -0.1) is 0 Å². The summed E-state index contributed by atoms with van der Waals surface area (Å²) in [5.41, 5.74) is 9.64. The first-order chi connectivity index (χ1) is 10.4. The van der Waals surface area contributed by atoms with Gasteiger partial charge in [-0.3, -0.25) is 9.59 Å². The average Bonchev–Trinajstić information content (AvgIpc) is 2.51. The van der Waals surface area contributed by atoms with Gasteiger partial charge in [0.2, 0.25) is 5.91 Å². The van der Waals surface area contributed by atoms with Crippen LogP contribution in [0.4, 0.5) is 0 Å². The third-order valence-electron chi connectivity index (χ3n) is 3.97. The summed E-state index contributed by atoms with van der Waals surface area (Å²) in [7, 11) is -2.57. The fourth-order valence-corrected chi connectivity index (χ4v) is 4.04. The Morgan fingerprint density at radius 1 is 1.59 bits per heavy atom. The highest BCUT2D eigenvalue weighted by molar-refractivity contribution is 7.44. The summed E-state index contributed by atoms with van der Waals surface area (Å²) in [6, 6.07) is 0. The van der Waals surface area contributed by atoms with Crippen LogP contribution in [-0.4, -0.2) is 42.8 Å². The van der Waals surface area contributed by atoms with E-state index in [4.69, 9.17) is 11.5 Å². The van der Waals surface area contributed by atoms with Crippen molar-refractivity contribution in [3.8, 4) is 0 Å². The number of hydrogen-bond donors (Lipinski definition) is 5. The van der Waals surface area contributed by atoms with Gasteiger partial charge in [0.15, 0.2) is 5.66 Å². The lowest BCUT2D eigenvalue weighted by atomic mass is 9.95. The van der Waals surface area contributed by atoms with E-state index in [1.807, 2.05) is 6.92 Å². The Morgan fingerprint density at radius 2 is 2.27 bits per heavy atom. The SMILES string of the molecule is CCCNC(=O)C(N)(N[PH](=O)[C@H]1CCCNC1=O)C(C)CN. The van der Waals surface area contributed by atoms with Crippen LogP contribution >= 0.6 is 7.95 Å². The monoisotopic (exact) mass is 333 g/mol. The van der Waals surface area contributed by atoms with Crippen molar-refractivity contribution in [2.75, 3.05) is 19.6 Å². The zero-order valence-corrected chi connectivity index (χ0v) is 14.3. The summed E-state index contributed by atoms with van der Waals surface area (Å²) in [5.74, 6) is -1.12. The van der Waals surface area contributed by atoms with E-state index in [1.165, 1.54) is 0 Å². The molecular formula is C13H28N5O3P. The highest BCUT2D eigenvalue weighted by Crippen LogP contribution is 2.32. The lowest BCUT2D eigenvalue weighted by Crippen LogP contribution is -2.67. The van der Waals surface area contributed by atoms with Crippen LogP contribution in [0.3, 0.4) is 0 Å². The minimum absolute atomic E-state index is 0.162. The predicted octanol–water partition coefficient (Wildman–Crippen LogP) is -0.895. The third-order valence-corrected chi connectivity index (χ3v) is 5.82. The van der Waals surface area contributed by atoms with Crippen molar-refractivity contribution in [1.82, 2.24) is 15.7 Å². The molecule has 1 aliphatic heterocycles. The molecule has 2 amide bonds. The molecule has 0 spiro atoms. The topological polar surface area (TPSA) is 139 Å². The number of nitrogens with one attached hydrogen (secondary N) is 3. The van der Waals surface area contributed by atoms with Crippen molar-refractivity contribution in [2.24, 2.45) is 17.4 Å². The van der Waals surface area contributed by atoms with Gasteiger partial charge < -0.3 is 26.7 Å². The largest absolute Gasteiger partial charge is 0.355 e. The minimum atomic E-state index is -2.57. The van der Waals surface area contributed by atoms with Gasteiger partial charge in [0.05, 0.1) is 0 Å². The molecule has 1 saturated heterocycles. The van der Waals surface area contributed by atoms with Crippen LogP contribution in [0.2, 0.25) is 0 Å². The Bertz CT molecular complexity index is 434. The molecule has 8 nitrogen and oxygen atoms in total. The van der Waals surface area contributed by atoms with Crippen molar-refractivity contribution in [2.45, 2.75) is 44.4 Å². The van der Waals surface area contributed by atoms with Gasteiger partial charge in [-0.1, -0.05) is 13.8 Å². The number of rotatable bonds is 8. The van der Waals surface area contributed by atoms with Crippen LogP contribution in [0.5, 0.6) is 0 Å². The van der Waals surface area contributed by atoms with Gasteiger partial charge >= 0.3 is 0 Å². The summed E-state index contributed by atoms with van der Waals surface area (Å²) in [4.78, 5) is 24.2. The number of amides is 2. The summed E-state index contributed by atoms with van der Waals surface area (Å²) in [5, 5.41) is 8.11. The lowest BCUT2D eigenvalue weighted by molar-refractivity contribution is -0.128. The maximum atomic E-state index is 12.5. The van der Waals surface area contributed by atoms with E-state index in [2.05, 4.69) is 15.7 Å². The second-order valence-corrected chi connectivity index (χ2v) is 7.41. The molecule has 0 saturated carbocycles. The molecule has 0 bridgehead atoms. The molecule has 3 unspecified atom stereocenters. The average molecular weight is 333 g/mol. The van der Waals surface area contributed by atoms with E-state index in [0.717, 1.165) is 12.8 Å². The molecule has 1 rings (SSSR count). The molecule has 1 fully saturated rings. The van der Waals surface area contributed by atoms with E-state index in [0.29, 0.717) is 19.5 Å². The summed E-state index contributed by atoms with van der Waals surface area (Å²) >= 11 is 0. The summed E-state index contributed by atoms with van der Waals surface area (Å²) in [6.45, 7) is 4.87. The molecule has 22 heavy (non-hydrogen) atoms. The van der Waals surface area contributed by atoms with Crippen molar-refractivity contribution in [3.05, 3.63) is 0 Å². The van der Waals surface area contributed by atoms with E-state index in [-0.39, 0.29) is 12.5 Å². The Kier molecular flexibility index (Phi) is 7.48. The minimum Gasteiger partial charge on any atom is -0.355 e. The van der Waals surface area contributed by atoms with Crippen molar-refractivity contribution in [1.29, 1.82) is 0 Å². The quantitative estimate of drug-likeness (QED) is 0.288. The van der Waals surface area contributed by atoms with Gasteiger partial charge in [-0.05, 0) is 25.8 Å². The van der Waals surface area contributed by atoms with Crippen LogP contribution in [-0.2, 0) is 14.2 Å². The molecule has 9 heteroatoms. The first-order valence-corrected chi connectivity index (χ1v) is 9.22. The molecule has 7 N–H and O–H groups in total. The molecule has 4 atom stereocenters. The fourth-order valence-electron chi connectivity index (χ4n) is 2.29. The second-order valence-electron chi connectivity index (χ2n) is 5.74. The molecule has 0 aromatic rings. The number of piperidine rings is 1. The van der Waals surface area contributed by atoms with E-state index in [9.17, 15) is 14.2 Å². The lowest BCUT2D eigenvalue weighted by Gasteiger charge is -2.35. The molecular weight excluding hydrogens is 305 g/mol. The van der Waals surface area contributed by atoms with Crippen LogP contribution in [0, 0.1) is 5.92 Å². The molecule has 0 aromatic carbocycles. The van der Waals surface area contributed by atoms with Crippen molar-refractivity contribution in [3.63, 3.8) is 0 Å². The van der Waals surface area contributed by atoms with Gasteiger partial charge in [-0.2, -0.15) is 0 Å². The highest BCUT2D eigenvalue weighted by Gasteiger charge is 2.42. The maximum absolute atomic E-state index is 12.5. The fraction of sp³-hybridized carbons (Fsp3) is 0.846. The van der Waals surface area contributed by atoms with Gasteiger partial charge in [0, 0.05) is 19.0 Å². The van der Waals surface area contributed by atoms with E-state index < -0.39 is 31.1 Å². The number of carbonyl (C=O) groups excluding carboxylic acids is 2. The zero-order valence-electron chi connectivity index (χ0n) is 13.3. The molecule has 0 radical (unpaired) electrons.